The van der Waals surface area contributed by atoms with E-state index in [1.807, 2.05) is 0 Å². The van der Waals surface area contributed by atoms with Gasteiger partial charge in [-0.1, -0.05) is 82.1 Å². The van der Waals surface area contributed by atoms with E-state index in [9.17, 15) is 10.1 Å². The molecule has 2 heterocycles. The minimum Gasteiger partial charge on any atom is -0.414 e. The Labute approximate surface area is 232 Å². The third-order valence-electron chi connectivity index (χ3n) is 8.68. The lowest BCUT2D eigenvalue weighted by Gasteiger charge is -2.43. The summed E-state index contributed by atoms with van der Waals surface area (Å²) in [6, 6.07) is 6.09. The standard InChI is InChI=1S/C28H52N4O4Si2/c1-11-15-37(19(3)4,20(5)6)34-18-24-26(36-38(16-12-2,21(7)8)22(9)10)23(17-29)27(35-24)32-14-13-25(30)31-28(32)33/h13-14,19-24,26-27H,11-12,15-16,18H2,1-10H3,(H2,30,31,33)/t23-,24+,26-,27+/m0/s1. The topological polar surface area (TPSA) is 112 Å². The van der Waals surface area contributed by atoms with Gasteiger partial charge in [0.25, 0.3) is 0 Å². The molecule has 8 nitrogen and oxygen atoms in total. The van der Waals surface area contributed by atoms with Crippen molar-refractivity contribution in [1.82, 2.24) is 9.55 Å². The molecule has 0 aliphatic carbocycles. The molecule has 0 amide bonds. The lowest BCUT2D eigenvalue weighted by atomic mass is 10.0. The fourth-order valence-corrected chi connectivity index (χ4v) is 15.8. The van der Waals surface area contributed by atoms with Gasteiger partial charge in [0.15, 0.2) is 22.9 Å². The van der Waals surface area contributed by atoms with E-state index >= 15 is 0 Å². The van der Waals surface area contributed by atoms with Gasteiger partial charge in [-0.2, -0.15) is 10.2 Å². The minimum absolute atomic E-state index is 0.142. The van der Waals surface area contributed by atoms with Crippen LogP contribution >= 0.6 is 0 Å². The number of aromatic nitrogens is 2. The van der Waals surface area contributed by atoms with Crippen molar-refractivity contribution in [2.45, 2.75) is 135 Å². The maximum atomic E-state index is 12.8. The molecule has 0 radical (unpaired) electrons. The monoisotopic (exact) mass is 564 g/mol. The fourth-order valence-electron chi connectivity index (χ4n) is 6.51. The summed E-state index contributed by atoms with van der Waals surface area (Å²) in [7, 11) is -4.42. The summed E-state index contributed by atoms with van der Waals surface area (Å²) in [6.45, 7) is 22.8. The number of nitrogens with zero attached hydrogens (tertiary/aromatic N) is 3. The van der Waals surface area contributed by atoms with Crippen LogP contribution in [0.3, 0.4) is 0 Å². The van der Waals surface area contributed by atoms with E-state index in [1.54, 1.807) is 12.3 Å². The van der Waals surface area contributed by atoms with Gasteiger partial charge in [0.05, 0.1) is 18.8 Å². The zero-order valence-corrected chi connectivity index (χ0v) is 27.4. The smallest absolute Gasteiger partial charge is 0.351 e. The molecule has 1 aromatic rings. The molecule has 0 aromatic carbocycles. The van der Waals surface area contributed by atoms with E-state index in [1.165, 1.54) is 4.57 Å². The number of ether oxygens (including phenoxy) is 1. The Balaban J connectivity index is 2.58. The van der Waals surface area contributed by atoms with Crippen LogP contribution in [0.5, 0.6) is 0 Å². The molecule has 0 unspecified atom stereocenters. The highest BCUT2D eigenvalue weighted by Crippen LogP contribution is 2.45. The summed E-state index contributed by atoms with van der Waals surface area (Å²) in [5, 5.41) is 10.4. The summed E-state index contributed by atoms with van der Waals surface area (Å²) in [5.74, 6) is -0.531. The number of hydrogen-bond acceptors (Lipinski definition) is 7. The van der Waals surface area contributed by atoms with Crippen molar-refractivity contribution in [2.24, 2.45) is 5.92 Å². The van der Waals surface area contributed by atoms with Crippen LogP contribution in [0.25, 0.3) is 0 Å². The van der Waals surface area contributed by atoms with Gasteiger partial charge in [0.2, 0.25) is 0 Å². The molecule has 2 N–H and O–H groups in total. The quantitative estimate of drug-likeness (QED) is 0.253. The molecule has 1 aromatic heterocycles. The van der Waals surface area contributed by atoms with Crippen LogP contribution in [0.1, 0.15) is 88.3 Å². The van der Waals surface area contributed by atoms with E-state index < -0.39 is 46.7 Å². The molecule has 0 spiro atoms. The third-order valence-corrected chi connectivity index (χ3v) is 20.5. The number of nitriles is 1. The Morgan fingerprint density at radius 2 is 1.55 bits per heavy atom. The molecule has 1 saturated heterocycles. The zero-order chi connectivity index (χ0) is 28.8. The predicted octanol–water partition coefficient (Wildman–Crippen LogP) is 6.62. The number of rotatable bonds is 14. The number of hydrogen-bond donors (Lipinski definition) is 1. The van der Waals surface area contributed by atoms with Crippen molar-refractivity contribution < 1.29 is 13.6 Å². The zero-order valence-electron chi connectivity index (χ0n) is 25.4. The van der Waals surface area contributed by atoms with Gasteiger partial charge in [-0.15, -0.1) is 0 Å². The fraction of sp³-hybridized carbons (Fsp3) is 0.821. The van der Waals surface area contributed by atoms with Crippen molar-refractivity contribution in [3.05, 3.63) is 22.7 Å². The van der Waals surface area contributed by atoms with Crippen LogP contribution < -0.4 is 11.4 Å². The van der Waals surface area contributed by atoms with Gasteiger partial charge >= 0.3 is 5.69 Å². The average molecular weight is 565 g/mol. The Morgan fingerprint density at radius 1 is 1.03 bits per heavy atom. The molecule has 1 fully saturated rings. The first kappa shape index (κ1) is 32.7. The van der Waals surface area contributed by atoms with Gasteiger partial charge in [0.1, 0.15) is 17.8 Å². The minimum atomic E-state index is -2.30. The van der Waals surface area contributed by atoms with Crippen LogP contribution in [-0.4, -0.2) is 45.0 Å². The normalized spacial score (nSPS) is 22.7. The van der Waals surface area contributed by atoms with Crippen LogP contribution in [-0.2, 0) is 13.6 Å². The number of nitrogens with two attached hydrogens (primary N) is 1. The molecule has 10 heteroatoms. The van der Waals surface area contributed by atoms with Crippen LogP contribution in [0.15, 0.2) is 17.1 Å². The molecule has 2 rings (SSSR count). The summed E-state index contributed by atoms with van der Waals surface area (Å²) in [4.78, 5) is 16.7. The Hall–Kier alpha value is -1.52. The van der Waals surface area contributed by atoms with Crippen molar-refractivity contribution in [3.8, 4) is 6.07 Å². The maximum absolute atomic E-state index is 12.8. The van der Waals surface area contributed by atoms with Gasteiger partial charge in [-0.05, 0) is 40.3 Å². The van der Waals surface area contributed by atoms with Gasteiger partial charge in [0, 0.05) is 6.20 Å². The molecule has 0 saturated carbocycles. The molecular formula is C28H52N4O4Si2. The molecule has 1 aliphatic rings. The van der Waals surface area contributed by atoms with E-state index in [4.69, 9.17) is 19.3 Å². The lowest BCUT2D eigenvalue weighted by molar-refractivity contribution is -0.0431. The Kier molecular flexibility index (Phi) is 11.8. The lowest BCUT2D eigenvalue weighted by Crippen LogP contribution is -2.52. The maximum Gasteiger partial charge on any atom is 0.351 e. The summed E-state index contributed by atoms with van der Waals surface area (Å²) in [5.41, 5.74) is 6.83. The molecule has 38 heavy (non-hydrogen) atoms. The summed E-state index contributed by atoms with van der Waals surface area (Å²) in [6.07, 6.45) is 1.89. The largest absolute Gasteiger partial charge is 0.414 e. The summed E-state index contributed by atoms with van der Waals surface area (Å²) < 4.78 is 22.1. The van der Waals surface area contributed by atoms with E-state index in [0.29, 0.717) is 28.8 Å². The SMILES string of the molecule is CCC[Si](OC[C@H]1O[C@@H](n2ccc(N)nc2=O)[C@@H](C#N)[C@@H]1O[Si](CCC)(C(C)C)C(C)C)(C(C)C)C(C)C. The first-order chi connectivity index (χ1) is 17.8. The van der Waals surface area contributed by atoms with Gasteiger partial charge in [-0.3, -0.25) is 4.57 Å². The van der Waals surface area contributed by atoms with Crippen molar-refractivity contribution in [3.63, 3.8) is 0 Å². The van der Waals surface area contributed by atoms with Crippen LogP contribution in [0.2, 0.25) is 34.3 Å². The molecule has 1 aliphatic heterocycles. The van der Waals surface area contributed by atoms with Gasteiger partial charge in [-0.25, -0.2) is 4.79 Å². The number of nitrogen functional groups attached to an aromatic ring is 1. The highest BCUT2D eigenvalue weighted by Gasteiger charge is 2.53. The molecule has 4 atom stereocenters. The summed E-state index contributed by atoms with van der Waals surface area (Å²) >= 11 is 0. The third kappa shape index (κ3) is 6.61. The molecule has 216 valence electrons. The van der Waals surface area contributed by atoms with E-state index in [2.05, 4.69) is 80.3 Å². The highest BCUT2D eigenvalue weighted by molar-refractivity contribution is 6.76. The van der Waals surface area contributed by atoms with Gasteiger partial charge < -0.3 is 19.3 Å². The Morgan fingerprint density at radius 3 is 2.00 bits per heavy atom. The first-order valence-corrected chi connectivity index (χ1v) is 19.1. The Bertz CT molecular complexity index is 976. The predicted molar refractivity (Wildman–Crippen MR) is 159 cm³/mol. The highest BCUT2D eigenvalue weighted by atomic mass is 28.4. The average Bonchev–Trinajstić information content (AvgIpc) is 3.17. The van der Waals surface area contributed by atoms with E-state index in [-0.39, 0.29) is 5.82 Å². The number of anilines is 1. The first-order valence-electron chi connectivity index (χ1n) is 14.5. The van der Waals surface area contributed by atoms with Crippen molar-refractivity contribution >= 4 is 22.5 Å². The van der Waals surface area contributed by atoms with Crippen LogP contribution in [0.4, 0.5) is 5.82 Å². The second-order valence-corrected chi connectivity index (χ2v) is 22.1. The second-order valence-electron chi connectivity index (χ2n) is 12.2. The van der Waals surface area contributed by atoms with Crippen molar-refractivity contribution in [1.29, 1.82) is 5.26 Å². The second kappa shape index (κ2) is 13.7. The van der Waals surface area contributed by atoms with Crippen molar-refractivity contribution in [2.75, 3.05) is 12.3 Å². The molecular weight excluding hydrogens is 513 g/mol. The molecule has 0 bridgehead atoms. The van der Waals surface area contributed by atoms with Crippen LogP contribution in [0, 0.1) is 17.2 Å². The van der Waals surface area contributed by atoms with E-state index in [0.717, 1.165) is 24.9 Å².